The van der Waals surface area contributed by atoms with E-state index in [0.29, 0.717) is 21.7 Å². The minimum absolute atomic E-state index is 0.0653. The van der Waals surface area contributed by atoms with Gasteiger partial charge in [0, 0.05) is 18.8 Å². The van der Waals surface area contributed by atoms with Gasteiger partial charge in [-0.1, -0.05) is 54.2 Å². The SMILES string of the molecule is CCN(CC)c1ccc(/C=N\NC(=O)CSc2nc3ccccc3c(=O)n2-c2ccccc2)cc1. The van der Waals surface area contributed by atoms with E-state index in [1.54, 1.807) is 22.9 Å². The number of benzene rings is 3. The second-order valence-electron chi connectivity index (χ2n) is 7.73. The Kier molecular flexibility index (Phi) is 7.95. The zero-order chi connectivity index (χ0) is 24.6. The zero-order valence-corrected chi connectivity index (χ0v) is 20.5. The number of nitrogens with one attached hydrogen (secondary N) is 1. The van der Waals surface area contributed by atoms with Crippen molar-refractivity contribution in [3.8, 4) is 5.69 Å². The molecule has 0 bridgehead atoms. The molecule has 1 amide bonds. The fourth-order valence-corrected chi connectivity index (χ4v) is 4.52. The molecule has 178 valence electrons. The monoisotopic (exact) mass is 485 g/mol. The van der Waals surface area contributed by atoms with Crippen molar-refractivity contribution < 1.29 is 4.79 Å². The summed E-state index contributed by atoms with van der Waals surface area (Å²) in [6.45, 7) is 6.14. The van der Waals surface area contributed by atoms with Crippen molar-refractivity contribution in [1.82, 2.24) is 15.0 Å². The molecule has 4 aromatic rings. The van der Waals surface area contributed by atoms with E-state index in [9.17, 15) is 9.59 Å². The smallest absolute Gasteiger partial charge is 0.266 e. The summed E-state index contributed by atoms with van der Waals surface area (Å²) in [6, 6.07) is 24.5. The van der Waals surface area contributed by atoms with Gasteiger partial charge < -0.3 is 4.90 Å². The van der Waals surface area contributed by atoms with Crippen molar-refractivity contribution in [2.45, 2.75) is 19.0 Å². The van der Waals surface area contributed by atoms with Crippen LogP contribution in [0.15, 0.2) is 93.9 Å². The maximum Gasteiger partial charge on any atom is 0.266 e. The van der Waals surface area contributed by atoms with Crippen LogP contribution in [0, 0.1) is 0 Å². The third kappa shape index (κ3) is 5.78. The van der Waals surface area contributed by atoms with Gasteiger partial charge in [0.25, 0.3) is 11.5 Å². The highest BCUT2D eigenvalue weighted by Crippen LogP contribution is 2.21. The lowest BCUT2D eigenvalue weighted by Crippen LogP contribution is -2.24. The Morgan fingerprint density at radius 3 is 2.40 bits per heavy atom. The van der Waals surface area contributed by atoms with Gasteiger partial charge >= 0.3 is 0 Å². The lowest BCUT2D eigenvalue weighted by molar-refractivity contribution is -0.118. The van der Waals surface area contributed by atoms with E-state index < -0.39 is 0 Å². The Labute approximate surface area is 208 Å². The number of aromatic nitrogens is 2. The predicted octanol–water partition coefficient (Wildman–Crippen LogP) is 4.47. The Morgan fingerprint density at radius 1 is 1.00 bits per heavy atom. The van der Waals surface area contributed by atoms with Crippen LogP contribution in [-0.2, 0) is 4.79 Å². The molecular formula is C27H27N5O2S. The molecule has 1 N–H and O–H groups in total. The first-order valence-corrected chi connectivity index (χ1v) is 12.5. The molecule has 0 unspecified atom stereocenters. The molecule has 3 aromatic carbocycles. The largest absolute Gasteiger partial charge is 0.372 e. The van der Waals surface area contributed by atoms with Gasteiger partial charge in [-0.3, -0.25) is 14.2 Å². The number of rotatable bonds is 9. The Hall–Kier alpha value is -3.91. The molecule has 0 saturated heterocycles. The van der Waals surface area contributed by atoms with Crippen LogP contribution in [0.5, 0.6) is 0 Å². The number of hydrogen-bond acceptors (Lipinski definition) is 6. The number of hydrazone groups is 1. The summed E-state index contributed by atoms with van der Waals surface area (Å²) < 4.78 is 1.54. The van der Waals surface area contributed by atoms with Crippen LogP contribution in [0.25, 0.3) is 16.6 Å². The number of carbonyl (C=O) groups excluding carboxylic acids is 1. The van der Waals surface area contributed by atoms with E-state index in [-0.39, 0.29) is 17.2 Å². The highest BCUT2D eigenvalue weighted by Gasteiger charge is 2.14. The summed E-state index contributed by atoms with van der Waals surface area (Å²) in [7, 11) is 0. The van der Waals surface area contributed by atoms with Crippen LogP contribution in [0.3, 0.4) is 0 Å². The number of thioether (sulfide) groups is 1. The fraction of sp³-hybridized carbons (Fsp3) is 0.185. The highest BCUT2D eigenvalue weighted by atomic mass is 32.2. The van der Waals surface area contributed by atoms with Crippen LogP contribution in [0.4, 0.5) is 5.69 Å². The number of nitrogens with zero attached hydrogens (tertiary/aromatic N) is 4. The van der Waals surface area contributed by atoms with E-state index in [4.69, 9.17) is 0 Å². The van der Waals surface area contributed by atoms with Crippen molar-refractivity contribution in [3.05, 3.63) is 94.8 Å². The minimum Gasteiger partial charge on any atom is -0.372 e. The first kappa shape index (κ1) is 24.2. The maximum absolute atomic E-state index is 13.2. The standard InChI is InChI=1S/C27H27N5O2S/c1-3-31(4-2)21-16-14-20(15-17-21)18-28-30-25(33)19-35-27-29-24-13-9-8-12-23(24)26(34)32(27)22-10-6-5-7-11-22/h5-18H,3-4,19H2,1-2H3,(H,30,33)/b28-18-. The molecule has 35 heavy (non-hydrogen) atoms. The molecular weight excluding hydrogens is 458 g/mol. The van der Waals surface area contributed by atoms with Gasteiger partial charge in [-0.15, -0.1) is 0 Å². The molecule has 4 rings (SSSR count). The molecule has 0 saturated carbocycles. The number of carbonyl (C=O) groups is 1. The van der Waals surface area contributed by atoms with E-state index >= 15 is 0 Å². The fourth-order valence-electron chi connectivity index (χ4n) is 3.72. The third-order valence-electron chi connectivity index (χ3n) is 5.52. The van der Waals surface area contributed by atoms with Crippen LogP contribution in [0.1, 0.15) is 19.4 Å². The molecule has 0 aliphatic rings. The van der Waals surface area contributed by atoms with Crippen molar-refractivity contribution in [2.75, 3.05) is 23.7 Å². The molecule has 1 heterocycles. The van der Waals surface area contributed by atoms with Crippen LogP contribution in [-0.4, -0.2) is 40.5 Å². The van der Waals surface area contributed by atoms with E-state index in [1.807, 2.05) is 66.7 Å². The number of amides is 1. The quantitative estimate of drug-likeness (QED) is 0.164. The second-order valence-corrected chi connectivity index (χ2v) is 8.68. The molecule has 1 aromatic heterocycles. The van der Waals surface area contributed by atoms with Gasteiger partial charge in [0.05, 0.1) is 28.6 Å². The average Bonchev–Trinajstić information content (AvgIpc) is 2.89. The summed E-state index contributed by atoms with van der Waals surface area (Å²) in [5.41, 5.74) is 5.73. The highest BCUT2D eigenvalue weighted by molar-refractivity contribution is 7.99. The average molecular weight is 486 g/mol. The molecule has 0 spiro atoms. The molecule has 0 aliphatic carbocycles. The van der Waals surface area contributed by atoms with Crippen molar-refractivity contribution in [1.29, 1.82) is 0 Å². The van der Waals surface area contributed by atoms with Crippen molar-refractivity contribution >= 4 is 40.5 Å². The van der Waals surface area contributed by atoms with Gasteiger partial charge in [-0.05, 0) is 55.8 Å². The maximum atomic E-state index is 13.2. The van der Waals surface area contributed by atoms with Crippen LogP contribution >= 0.6 is 11.8 Å². The summed E-state index contributed by atoms with van der Waals surface area (Å²) in [4.78, 5) is 32.6. The normalized spacial score (nSPS) is 11.1. The van der Waals surface area contributed by atoms with Gasteiger partial charge in [-0.2, -0.15) is 5.10 Å². The van der Waals surface area contributed by atoms with E-state index in [1.165, 1.54) is 11.8 Å². The van der Waals surface area contributed by atoms with Crippen molar-refractivity contribution in [3.63, 3.8) is 0 Å². The molecule has 0 atom stereocenters. The lowest BCUT2D eigenvalue weighted by atomic mass is 10.2. The second kappa shape index (κ2) is 11.5. The first-order valence-electron chi connectivity index (χ1n) is 11.5. The topological polar surface area (TPSA) is 79.6 Å². The molecule has 0 aliphatic heterocycles. The molecule has 0 radical (unpaired) electrons. The van der Waals surface area contributed by atoms with Gasteiger partial charge in [0.1, 0.15) is 0 Å². The first-order chi connectivity index (χ1) is 17.1. The number of anilines is 1. The van der Waals surface area contributed by atoms with Crippen LogP contribution < -0.4 is 15.9 Å². The van der Waals surface area contributed by atoms with Gasteiger partial charge in [0.15, 0.2) is 5.16 Å². The summed E-state index contributed by atoms with van der Waals surface area (Å²) in [5, 5.41) is 5.06. The summed E-state index contributed by atoms with van der Waals surface area (Å²) in [5.74, 6) is -0.219. The minimum atomic E-state index is -0.284. The molecule has 7 nitrogen and oxygen atoms in total. The Bertz CT molecular complexity index is 1380. The molecule has 8 heteroatoms. The Balaban J connectivity index is 1.46. The van der Waals surface area contributed by atoms with Gasteiger partial charge in [-0.25, -0.2) is 10.4 Å². The number of fused-ring (bicyclic) bond motifs is 1. The molecule has 0 fully saturated rings. The summed E-state index contributed by atoms with van der Waals surface area (Å²) in [6.07, 6.45) is 1.61. The lowest BCUT2D eigenvalue weighted by Gasteiger charge is -2.20. The third-order valence-corrected chi connectivity index (χ3v) is 6.45. The van der Waals surface area contributed by atoms with E-state index in [2.05, 4.69) is 34.3 Å². The van der Waals surface area contributed by atoms with Gasteiger partial charge in [0.2, 0.25) is 0 Å². The summed E-state index contributed by atoms with van der Waals surface area (Å²) >= 11 is 1.20. The zero-order valence-electron chi connectivity index (χ0n) is 19.7. The Morgan fingerprint density at radius 2 is 1.69 bits per heavy atom. The number of hydrogen-bond donors (Lipinski definition) is 1. The number of para-hydroxylation sites is 2. The van der Waals surface area contributed by atoms with Crippen LogP contribution in [0.2, 0.25) is 0 Å². The predicted molar refractivity (Wildman–Crippen MR) is 144 cm³/mol. The van der Waals surface area contributed by atoms with E-state index in [0.717, 1.165) is 24.3 Å². The van der Waals surface area contributed by atoms with Crippen molar-refractivity contribution in [2.24, 2.45) is 5.10 Å².